The number of aromatic nitrogens is 4. The first kappa shape index (κ1) is 9.64. The maximum absolute atomic E-state index is 11.2. The first-order valence-corrected chi connectivity index (χ1v) is 4.77. The van der Waals surface area contributed by atoms with E-state index in [9.17, 15) is 4.79 Å². The van der Waals surface area contributed by atoms with Crippen molar-refractivity contribution in [3.63, 3.8) is 0 Å². The number of nitrogens with one attached hydrogen (secondary N) is 1. The van der Waals surface area contributed by atoms with Crippen LogP contribution in [0.3, 0.4) is 0 Å². The highest BCUT2D eigenvalue weighted by Crippen LogP contribution is 2.17. The van der Waals surface area contributed by atoms with Crippen molar-refractivity contribution >= 4 is 0 Å². The Kier molecular flexibility index (Phi) is 2.37. The summed E-state index contributed by atoms with van der Waals surface area (Å²) in [6.45, 7) is 4.08. The fourth-order valence-corrected chi connectivity index (χ4v) is 1.41. The molecule has 0 bridgehead atoms. The summed E-state index contributed by atoms with van der Waals surface area (Å²) in [6, 6.07) is 3.60. The number of nitrogens with zero attached hydrogens (tertiary/aromatic N) is 3. The summed E-state index contributed by atoms with van der Waals surface area (Å²) >= 11 is 0. The molecule has 0 radical (unpaired) electrons. The van der Waals surface area contributed by atoms with Crippen LogP contribution in [0.15, 0.2) is 29.5 Å². The fraction of sp³-hybridized carbons (Fsp3) is 0.300. The molecule has 2 aromatic heterocycles. The van der Waals surface area contributed by atoms with E-state index in [-0.39, 0.29) is 11.6 Å². The standard InChI is InChI=1S/C10H12N4O/c1-7(2)14-6-12-13-10(14)8-3-4-11-9(15)5-8/h3-7H,1-2H3,(H,11,15). The quantitative estimate of drug-likeness (QED) is 0.799. The predicted octanol–water partition coefficient (Wildman–Crippen LogP) is 1.21. The van der Waals surface area contributed by atoms with Gasteiger partial charge in [-0.3, -0.25) is 4.79 Å². The van der Waals surface area contributed by atoms with Crippen LogP contribution in [-0.4, -0.2) is 19.7 Å². The molecule has 0 saturated carbocycles. The summed E-state index contributed by atoms with van der Waals surface area (Å²) in [4.78, 5) is 13.7. The fourth-order valence-electron chi connectivity index (χ4n) is 1.41. The van der Waals surface area contributed by atoms with Crippen LogP contribution in [0.25, 0.3) is 11.4 Å². The number of rotatable bonds is 2. The molecule has 2 aromatic rings. The Bertz CT molecular complexity index is 512. The van der Waals surface area contributed by atoms with Crippen LogP contribution >= 0.6 is 0 Å². The zero-order valence-corrected chi connectivity index (χ0v) is 8.64. The highest BCUT2D eigenvalue weighted by Gasteiger charge is 2.09. The number of hydrogen-bond donors (Lipinski definition) is 1. The summed E-state index contributed by atoms with van der Waals surface area (Å²) in [5.41, 5.74) is 0.649. The van der Waals surface area contributed by atoms with Crippen LogP contribution < -0.4 is 5.56 Å². The Morgan fingerprint density at radius 2 is 2.27 bits per heavy atom. The molecular weight excluding hydrogens is 192 g/mol. The summed E-state index contributed by atoms with van der Waals surface area (Å²) in [5, 5.41) is 7.86. The van der Waals surface area contributed by atoms with Crippen LogP contribution in [0.2, 0.25) is 0 Å². The average molecular weight is 204 g/mol. The van der Waals surface area contributed by atoms with Gasteiger partial charge in [0.15, 0.2) is 5.82 Å². The van der Waals surface area contributed by atoms with E-state index < -0.39 is 0 Å². The van der Waals surface area contributed by atoms with Gasteiger partial charge in [-0.15, -0.1) is 10.2 Å². The van der Waals surface area contributed by atoms with Crippen LogP contribution in [0.5, 0.6) is 0 Å². The molecule has 0 aliphatic heterocycles. The van der Waals surface area contributed by atoms with Crippen molar-refractivity contribution in [2.24, 2.45) is 0 Å². The van der Waals surface area contributed by atoms with Gasteiger partial charge in [0.25, 0.3) is 0 Å². The summed E-state index contributed by atoms with van der Waals surface area (Å²) in [6.07, 6.45) is 3.28. The van der Waals surface area contributed by atoms with Gasteiger partial charge in [-0.2, -0.15) is 0 Å². The lowest BCUT2D eigenvalue weighted by Crippen LogP contribution is -2.06. The van der Waals surface area contributed by atoms with Crippen molar-refractivity contribution in [1.29, 1.82) is 0 Å². The smallest absolute Gasteiger partial charge is 0.248 e. The molecule has 0 aliphatic rings. The minimum absolute atomic E-state index is 0.134. The minimum Gasteiger partial charge on any atom is -0.329 e. The predicted molar refractivity (Wildman–Crippen MR) is 56.5 cm³/mol. The van der Waals surface area contributed by atoms with Crippen molar-refractivity contribution in [3.05, 3.63) is 35.0 Å². The van der Waals surface area contributed by atoms with Crippen molar-refractivity contribution in [2.45, 2.75) is 19.9 Å². The second-order valence-corrected chi connectivity index (χ2v) is 3.60. The maximum Gasteiger partial charge on any atom is 0.248 e. The lowest BCUT2D eigenvalue weighted by molar-refractivity contribution is 0.604. The Morgan fingerprint density at radius 1 is 1.47 bits per heavy atom. The van der Waals surface area contributed by atoms with Gasteiger partial charge in [0.1, 0.15) is 6.33 Å². The zero-order valence-electron chi connectivity index (χ0n) is 8.64. The van der Waals surface area contributed by atoms with Crippen molar-refractivity contribution in [2.75, 3.05) is 0 Å². The van der Waals surface area contributed by atoms with E-state index in [1.165, 1.54) is 6.07 Å². The minimum atomic E-state index is -0.134. The van der Waals surface area contributed by atoms with E-state index in [1.54, 1.807) is 12.5 Å². The van der Waals surface area contributed by atoms with E-state index in [0.29, 0.717) is 0 Å². The number of hydrogen-bond acceptors (Lipinski definition) is 3. The second kappa shape index (κ2) is 3.68. The SMILES string of the molecule is CC(C)n1cnnc1-c1cc[nH]c(=O)c1. The van der Waals surface area contributed by atoms with Crippen LogP contribution in [0.4, 0.5) is 0 Å². The highest BCUT2D eigenvalue weighted by molar-refractivity contribution is 5.53. The molecule has 0 fully saturated rings. The van der Waals surface area contributed by atoms with Crippen molar-refractivity contribution in [1.82, 2.24) is 19.7 Å². The summed E-state index contributed by atoms with van der Waals surface area (Å²) in [7, 11) is 0. The lowest BCUT2D eigenvalue weighted by atomic mass is 10.2. The van der Waals surface area contributed by atoms with E-state index in [1.807, 2.05) is 24.5 Å². The first-order valence-electron chi connectivity index (χ1n) is 4.77. The Hall–Kier alpha value is -1.91. The van der Waals surface area contributed by atoms with Gasteiger partial charge in [-0.25, -0.2) is 0 Å². The van der Waals surface area contributed by atoms with E-state index >= 15 is 0 Å². The Balaban J connectivity index is 2.54. The third-order valence-electron chi connectivity index (χ3n) is 2.16. The third kappa shape index (κ3) is 1.81. The monoisotopic (exact) mass is 204 g/mol. The molecule has 0 spiro atoms. The van der Waals surface area contributed by atoms with Crippen LogP contribution in [0, 0.1) is 0 Å². The average Bonchev–Trinajstić information content (AvgIpc) is 2.65. The van der Waals surface area contributed by atoms with Gasteiger partial charge in [-0.1, -0.05) is 0 Å². The zero-order chi connectivity index (χ0) is 10.8. The molecule has 0 aliphatic carbocycles. The molecule has 15 heavy (non-hydrogen) atoms. The van der Waals surface area contributed by atoms with Gasteiger partial charge < -0.3 is 9.55 Å². The van der Waals surface area contributed by atoms with Gasteiger partial charge in [-0.05, 0) is 19.9 Å². The van der Waals surface area contributed by atoms with Crippen LogP contribution in [-0.2, 0) is 0 Å². The molecule has 0 unspecified atom stereocenters. The van der Waals surface area contributed by atoms with Gasteiger partial charge >= 0.3 is 0 Å². The molecule has 78 valence electrons. The van der Waals surface area contributed by atoms with E-state index in [4.69, 9.17) is 0 Å². The van der Waals surface area contributed by atoms with Crippen molar-refractivity contribution < 1.29 is 0 Å². The highest BCUT2D eigenvalue weighted by atomic mass is 16.1. The molecule has 2 rings (SSSR count). The Morgan fingerprint density at radius 3 is 2.93 bits per heavy atom. The number of aromatic amines is 1. The molecule has 2 heterocycles. The maximum atomic E-state index is 11.2. The molecule has 5 nitrogen and oxygen atoms in total. The van der Waals surface area contributed by atoms with Gasteiger partial charge in [0, 0.05) is 23.9 Å². The second-order valence-electron chi connectivity index (χ2n) is 3.60. The Labute approximate surface area is 86.8 Å². The van der Waals surface area contributed by atoms with Gasteiger partial charge in [0.05, 0.1) is 0 Å². The normalized spacial score (nSPS) is 10.9. The summed E-state index contributed by atoms with van der Waals surface area (Å²) < 4.78 is 1.93. The molecule has 0 atom stereocenters. The number of pyridine rings is 1. The molecule has 1 N–H and O–H groups in total. The van der Waals surface area contributed by atoms with Crippen LogP contribution in [0.1, 0.15) is 19.9 Å². The largest absolute Gasteiger partial charge is 0.329 e. The first-order chi connectivity index (χ1) is 7.18. The third-order valence-corrected chi connectivity index (χ3v) is 2.16. The van der Waals surface area contributed by atoms with Crippen molar-refractivity contribution in [3.8, 4) is 11.4 Å². The summed E-state index contributed by atoms with van der Waals surface area (Å²) in [5.74, 6) is 0.719. The number of H-pyrrole nitrogens is 1. The molecule has 0 saturated heterocycles. The van der Waals surface area contributed by atoms with E-state index in [0.717, 1.165) is 11.4 Å². The molecule has 0 aromatic carbocycles. The molecule has 0 amide bonds. The topological polar surface area (TPSA) is 63.6 Å². The van der Waals surface area contributed by atoms with Gasteiger partial charge in [0.2, 0.25) is 5.56 Å². The molecular formula is C10H12N4O. The van der Waals surface area contributed by atoms with E-state index in [2.05, 4.69) is 15.2 Å². The molecule has 5 heteroatoms. The lowest BCUT2D eigenvalue weighted by Gasteiger charge is -2.09.